The van der Waals surface area contributed by atoms with E-state index in [9.17, 15) is 18.0 Å². The van der Waals surface area contributed by atoms with Crippen LogP contribution in [0.3, 0.4) is 0 Å². The van der Waals surface area contributed by atoms with Crippen molar-refractivity contribution in [3.63, 3.8) is 0 Å². The molecule has 9 heteroatoms. The summed E-state index contributed by atoms with van der Waals surface area (Å²) in [5, 5.41) is 3.29. The van der Waals surface area contributed by atoms with Crippen LogP contribution < -0.4 is 5.32 Å². The van der Waals surface area contributed by atoms with Crippen molar-refractivity contribution < 1.29 is 31.9 Å². The van der Waals surface area contributed by atoms with E-state index in [1.807, 2.05) is 6.07 Å². The Labute approximate surface area is 150 Å². The number of sulfone groups is 1. The van der Waals surface area contributed by atoms with Crippen LogP contribution >= 0.6 is 0 Å². The molecule has 1 amide bonds. The van der Waals surface area contributed by atoms with Gasteiger partial charge in [-0.25, -0.2) is 13.2 Å². The number of para-hydroxylation sites is 1. The van der Waals surface area contributed by atoms with E-state index >= 15 is 0 Å². The van der Waals surface area contributed by atoms with Crippen molar-refractivity contribution in [2.75, 3.05) is 25.2 Å². The molecule has 1 saturated heterocycles. The lowest BCUT2D eigenvalue weighted by Gasteiger charge is -2.10. The Morgan fingerprint density at radius 3 is 2.77 bits per heavy atom. The zero-order valence-electron chi connectivity index (χ0n) is 14.2. The number of amides is 1. The number of hydrogen-bond acceptors (Lipinski definition) is 7. The summed E-state index contributed by atoms with van der Waals surface area (Å²) in [6.07, 6.45) is 0.365. The van der Waals surface area contributed by atoms with Gasteiger partial charge in [0.05, 0.1) is 18.1 Å². The Hall–Kier alpha value is -2.39. The van der Waals surface area contributed by atoms with Crippen LogP contribution in [-0.4, -0.2) is 51.6 Å². The van der Waals surface area contributed by atoms with Gasteiger partial charge in [-0.1, -0.05) is 18.2 Å². The van der Waals surface area contributed by atoms with Crippen LogP contribution in [0.5, 0.6) is 0 Å². The van der Waals surface area contributed by atoms with Gasteiger partial charge >= 0.3 is 5.97 Å². The third-order valence-electron chi connectivity index (χ3n) is 4.10. The lowest BCUT2D eigenvalue weighted by molar-refractivity contribution is -0.124. The van der Waals surface area contributed by atoms with Crippen LogP contribution in [0.15, 0.2) is 28.7 Å². The zero-order valence-corrected chi connectivity index (χ0v) is 15.0. The Morgan fingerprint density at radius 2 is 2.08 bits per heavy atom. The topological polar surface area (TPSA) is 112 Å². The highest BCUT2D eigenvalue weighted by Gasteiger charge is 2.29. The van der Waals surface area contributed by atoms with Gasteiger partial charge in [-0.15, -0.1) is 0 Å². The maximum Gasteiger partial charge on any atom is 0.375 e. The molecule has 8 nitrogen and oxygen atoms in total. The average Bonchev–Trinajstić information content (AvgIpc) is 3.13. The quantitative estimate of drug-likeness (QED) is 0.744. The van der Waals surface area contributed by atoms with Crippen LogP contribution in [-0.2, 0) is 30.7 Å². The van der Waals surface area contributed by atoms with Gasteiger partial charge < -0.3 is 19.2 Å². The summed E-state index contributed by atoms with van der Waals surface area (Å²) < 4.78 is 38.5. The lowest BCUT2D eigenvalue weighted by atomic mass is 10.1. The predicted molar refractivity (Wildman–Crippen MR) is 92.4 cm³/mol. The van der Waals surface area contributed by atoms with E-state index in [1.54, 1.807) is 18.2 Å². The third-order valence-corrected chi connectivity index (χ3v) is 5.87. The van der Waals surface area contributed by atoms with Gasteiger partial charge in [0.15, 0.2) is 16.4 Å². The summed E-state index contributed by atoms with van der Waals surface area (Å²) in [5.74, 6) is -1.37. The van der Waals surface area contributed by atoms with Gasteiger partial charge in [-0.2, -0.15) is 0 Å². The number of nitrogens with one attached hydrogen (secondary N) is 1. The summed E-state index contributed by atoms with van der Waals surface area (Å²) >= 11 is 0. The van der Waals surface area contributed by atoms with Crippen molar-refractivity contribution in [3.05, 3.63) is 35.6 Å². The fourth-order valence-corrected chi connectivity index (χ4v) is 4.60. The molecule has 0 bridgehead atoms. The molecule has 1 aliphatic rings. The van der Waals surface area contributed by atoms with E-state index in [-0.39, 0.29) is 23.9 Å². The Balaban J connectivity index is 1.64. The highest BCUT2D eigenvalue weighted by Crippen LogP contribution is 2.27. The fraction of sp³-hybridized carbons (Fsp3) is 0.412. The number of esters is 1. The first-order valence-corrected chi connectivity index (χ1v) is 9.88. The summed E-state index contributed by atoms with van der Waals surface area (Å²) in [5.41, 5.74) is 1.07. The monoisotopic (exact) mass is 381 g/mol. The van der Waals surface area contributed by atoms with Crippen LogP contribution in [0.25, 0.3) is 11.0 Å². The van der Waals surface area contributed by atoms with Crippen LogP contribution in [0, 0.1) is 0 Å². The molecule has 0 spiro atoms. The molecule has 1 aromatic carbocycles. The highest BCUT2D eigenvalue weighted by molar-refractivity contribution is 7.91. The second-order valence-corrected chi connectivity index (χ2v) is 8.31. The van der Waals surface area contributed by atoms with Gasteiger partial charge in [-0.3, -0.25) is 4.79 Å². The molecule has 0 unspecified atom stereocenters. The number of furan rings is 1. The van der Waals surface area contributed by atoms with Crippen LogP contribution in [0.1, 0.15) is 22.5 Å². The largest absolute Gasteiger partial charge is 0.450 e. The second kappa shape index (κ2) is 7.46. The molecule has 1 aliphatic heterocycles. The van der Waals surface area contributed by atoms with Gasteiger partial charge in [0.1, 0.15) is 5.58 Å². The zero-order chi connectivity index (χ0) is 18.7. The molecule has 0 radical (unpaired) electrons. The number of carbonyl (C=O) groups is 2. The number of rotatable bonds is 6. The number of carbonyl (C=O) groups excluding carboxylic acids is 2. The summed E-state index contributed by atoms with van der Waals surface area (Å²) in [7, 11) is -1.59. The standard InChI is InChI=1S/C17H19NO7S/c1-23-8-13-12-4-2-3-5-14(12)25-16(13)17(20)24-9-15(19)18-11-6-7-26(21,22)10-11/h2-5,11H,6-10H2,1H3,(H,18,19)/t11-/m1/s1. The first-order valence-electron chi connectivity index (χ1n) is 8.06. The molecule has 26 heavy (non-hydrogen) atoms. The molecule has 1 aromatic heterocycles. The molecule has 2 heterocycles. The van der Waals surface area contributed by atoms with E-state index in [0.29, 0.717) is 17.6 Å². The minimum absolute atomic E-state index is 0.00991. The van der Waals surface area contributed by atoms with E-state index in [1.165, 1.54) is 7.11 Å². The molecular weight excluding hydrogens is 362 g/mol. The van der Waals surface area contributed by atoms with Gasteiger partial charge in [0.2, 0.25) is 5.76 Å². The number of hydrogen-bond donors (Lipinski definition) is 1. The molecule has 0 saturated carbocycles. The first kappa shape index (κ1) is 18.4. The Morgan fingerprint density at radius 1 is 1.31 bits per heavy atom. The lowest BCUT2D eigenvalue weighted by Crippen LogP contribution is -2.38. The number of benzene rings is 1. The first-order chi connectivity index (χ1) is 12.4. The highest BCUT2D eigenvalue weighted by atomic mass is 32.2. The smallest absolute Gasteiger partial charge is 0.375 e. The van der Waals surface area contributed by atoms with Crippen molar-refractivity contribution in [3.8, 4) is 0 Å². The van der Waals surface area contributed by atoms with E-state index < -0.39 is 34.4 Å². The molecule has 1 fully saturated rings. The van der Waals surface area contributed by atoms with Crippen molar-refractivity contribution >= 4 is 32.7 Å². The van der Waals surface area contributed by atoms with Crippen LogP contribution in [0.4, 0.5) is 0 Å². The molecule has 2 aromatic rings. The predicted octanol–water partition coefficient (Wildman–Crippen LogP) is 1.04. The van der Waals surface area contributed by atoms with E-state index in [2.05, 4.69) is 5.32 Å². The van der Waals surface area contributed by atoms with E-state index in [0.717, 1.165) is 5.39 Å². The third kappa shape index (κ3) is 4.05. The minimum Gasteiger partial charge on any atom is -0.450 e. The van der Waals surface area contributed by atoms with Crippen molar-refractivity contribution in [1.29, 1.82) is 0 Å². The summed E-state index contributed by atoms with van der Waals surface area (Å²) in [6.45, 7) is -0.355. The maximum absolute atomic E-state index is 12.3. The van der Waals surface area contributed by atoms with Crippen molar-refractivity contribution in [1.82, 2.24) is 5.32 Å². The number of methoxy groups -OCH3 is 1. The van der Waals surface area contributed by atoms with Gasteiger partial charge in [0, 0.05) is 24.1 Å². The minimum atomic E-state index is -3.09. The molecule has 0 aliphatic carbocycles. The number of ether oxygens (including phenoxy) is 2. The molecule has 3 rings (SSSR count). The summed E-state index contributed by atoms with van der Waals surface area (Å²) in [4.78, 5) is 24.2. The van der Waals surface area contributed by atoms with Crippen LogP contribution in [0.2, 0.25) is 0 Å². The normalized spacial score (nSPS) is 18.7. The van der Waals surface area contributed by atoms with Crippen molar-refractivity contribution in [2.45, 2.75) is 19.1 Å². The van der Waals surface area contributed by atoms with Gasteiger partial charge in [0.25, 0.3) is 5.91 Å². The summed E-state index contributed by atoms with van der Waals surface area (Å²) in [6, 6.07) is 6.67. The molecule has 1 atom stereocenters. The Bertz CT molecular complexity index is 932. The maximum atomic E-state index is 12.3. The fourth-order valence-electron chi connectivity index (χ4n) is 2.93. The van der Waals surface area contributed by atoms with Crippen molar-refractivity contribution in [2.24, 2.45) is 0 Å². The molecule has 1 N–H and O–H groups in total. The Kier molecular flexibility index (Phi) is 5.28. The average molecular weight is 381 g/mol. The van der Waals surface area contributed by atoms with Gasteiger partial charge in [-0.05, 0) is 12.5 Å². The molecular formula is C17H19NO7S. The second-order valence-electron chi connectivity index (χ2n) is 6.08. The molecule has 140 valence electrons. The SMILES string of the molecule is COCc1c(C(=O)OCC(=O)N[C@@H]2CCS(=O)(=O)C2)oc2ccccc12. The number of fused-ring (bicyclic) bond motifs is 1. The van der Waals surface area contributed by atoms with E-state index in [4.69, 9.17) is 13.9 Å².